The van der Waals surface area contributed by atoms with E-state index in [0.717, 1.165) is 11.3 Å². The van der Waals surface area contributed by atoms with Crippen LogP contribution in [0, 0.1) is 6.92 Å². The van der Waals surface area contributed by atoms with Gasteiger partial charge in [0.05, 0.1) is 6.54 Å². The first-order chi connectivity index (χ1) is 10.1. The molecule has 108 valence electrons. The van der Waals surface area contributed by atoms with Crippen molar-refractivity contribution in [3.05, 3.63) is 65.7 Å². The quantitative estimate of drug-likeness (QED) is 0.937. The third kappa shape index (κ3) is 4.18. The van der Waals surface area contributed by atoms with Crippen molar-refractivity contribution >= 4 is 17.5 Å². The van der Waals surface area contributed by atoms with E-state index in [0.29, 0.717) is 5.56 Å². The molecule has 4 heteroatoms. The maximum Gasteiger partial charge on any atom is 0.254 e. The van der Waals surface area contributed by atoms with Crippen LogP contribution in [0.1, 0.15) is 15.9 Å². The van der Waals surface area contributed by atoms with Crippen LogP contribution < -0.4 is 5.32 Å². The molecule has 0 unspecified atom stereocenters. The molecule has 0 aliphatic carbocycles. The van der Waals surface area contributed by atoms with E-state index in [2.05, 4.69) is 5.32 Å². The molecule has 0 heterocycles. The van der Waals surface area contributed by atoms with Crippen molar-refractivity contribution in [3.63, 3.8) is 0 Å². The maximum atomic E-state index is 12.1. The number of carbonyl (C=O) groups is 2. The van der Waals surface area contributed by atoms with Gasteiger partial charge in [-0.25, -0.2) is 0 Å². The summed E-state index contributed by atoms with van der Waals surface area (Å²) in [6.07, 6.45) is 0. The number of anilines is 1. The number of aryl methyl sites for hydroxylation is 1. The zero-order chi connectivity index (χ0) is 15.2. The highest BCUT2D eigenvalue weighted by Crippen LogP contribution is 2.09. The van der Waals surface area contributed by atoms with Gasteiger partial charge >= 0.3 is 0 Å². The molecule has 0 radical (unpaired) electrons. The van der Waals surface area contributed by atoms with E-state index < -0.39 is 0 Å². The molecule has 2 aromatic rings. The van der Waals surface area contributed by atoms with Crippen LogP contribution in [-0.2, 0) is 4.79 Å². The SMILES string of the molecule is Cc1cccc(NC(=O)CN(C)C(=O)c2ccccc2)c1. The summed E-state index contributed by atoms with van der Waals surface area (Å²) in [5.74, 6) is -0.387. The van der Waals surface area contributed by atoms with E-state index in [1.807, 2.05) is 37.3 Å². The third-order valence-corrected chi connectivity index (χ3v) is 3.05. The number of nitrogens with one attached hydrogen (secondary N) is 1. The highest BCUT2D eigenvalue weighted by Gasteiger charge is 2.14. The summed E-state index contributed by atoms with van der Waals surface area (Å²) in [7, 11) is 1.62. The molecule has 0 saturated heterocycles. The van der Waals surface area contributed by atoms with E-state index >= 15 is 0 Å². The number of carbonyl (C=O) groups excluding carboxylic acids is 2. The Morgan fingerprint density at radius 2 is 1.76 bits per heavy atom. The van der Waals surface area contributed by atoms with Gasteiger partial charge in [0.25, 0.3) is 5.91 Å². The van der Waals surface area contributed by atoms with Crippen molar-refractivity contribution in [2.24, 2.45) is 0 Å². The standard InChI is InChI=1S/C17H18N2O2/c1-13-7-6-10-15(11-13)18-16(20)12-19(2)17(21)14-8-4-3-5-9-14/h3-11H,12H2,1-2H3,(H,18,20). The lowest BCUT2D eigenvalue weighted by molar-refractivity contribution is -0.116. The fourth-order valence-electron chi connectivity index (χ4n) is 2.01. The number of likely N-dealkylation sites (N-methyl/N-ethyl adjacent to an activating group) is 1. The Kier molecular flexibility index (Phi) is 4.72. The molecule has 0 fully saturated rings. The second-order valence-electron chi connectivity index (χ2n) is 4.94. The molecule has 0 aliphatic heterocycles. The minimum absolute atomic E-state index is 0.0155. The van der Waals surface area contributed by atoms with Gasteiger partial charge in [-0.3, -0.25) is 9.59 Å². The van der Waals surface area contributed by atoms with Crippen LogP contribution in [0.3, 0.4) is 0 Å². The zero-order valence-corrected chi connectivity index (χ0v) is 12.2. The van der Waals surface area contributed by atoms with Gasteiger partial charge < -0.3 is 10.2 Å². The van der Waals surface area contributed by atoms with Gasteiger partial charge in [0, 0.05) is 18.3 Å². The Labute approximate surface area is 124 Å². The van der Waals surface area contributed by atoms with Crippen LogP contribution in [0.5, 0.6) is 0 Å². The highest BCUT2D eigenvalue weighted by atomic mass is 16.2. The van der Waals surface area contributed by atoms with Crippen molar-refractivity contribution in [2.45, 2.75) is 6.92 Å². The van der Waals surface area contributed by atoms with Crippen molar-refractivity contribution < 1.29 is 9.59 Å². The van der Waals surface area contributed by atoms with Crippen molar-refractivity contribution in [1.82, 2.24) is 4.90 Å². The molecule has 0 aliphatic rings. The van der Waals surface area contributed by atoms with Gasteiger partial charge in [-0.15, -0.1) is 0 Å². The molecule has 0 saturated carbocycles. The lowest BCUT2D eigenvalue weighted by atomic mass is 10.2. The largest absolute Gasteiger partial charge is 0.332 e. The van der Waals surface area contributed by atoms with Crippen molar-refractivity contribution in [2.75, 3.05) is 18.9 Å². The van der Waals surface area contributed by atoms with Gasteiger partial charge in [0.15, 0.2) is 0 Å². The molecule has 21 heavy (non-hydrogen) atoms. The summed E-state index contributed by atoms with van der Waals surface area (Å²) in [5.41, 5.74) is 2.38. The number of benzene rings is 2. The van der Waals surface area contributed by atoms with E-state index in [4.69, 9.17) is 0 Å². The first kappa shape index (κ1) is 14.8. The third-order valence-electron chi connectivity index (χ3n) is 3.05. The molecule has 0 aromatic heterocycles. The summed E-state index contributed by atoms with van der Waals surface area (Å²) >= 11 is 0. The van der Waals surface area contributed by atoms with Crippen LogP contribution in [-0.4, -0.2) is 30.3 Å². The fraction of sp³-hybridized carbons (Fsp3) is 0.176. The molecule has 0 bridgehead atoms. The van der Waals surface area contributed by atoms with Crippen LogP contribution in [0.2, 0.25) is 0 Å². The minimum Gasteiger partial charge on any atom is -0.332 e. The summed E-state index contributed by atoms with van der Waals surface area (Å²) in [4.78, 5) is 25.5. The second kappa shape index (κ2) is 6.70. The van der Waals surface area contributed by atoms with Crippen molar-refractivity contribution in [3.8, 4) is 0 Å². The van der Waals surface area contributed by atoms with Crippen LogP contribution in [0.15, 0.2) is 54.6 Å². The highest BCUT2D eigenvalue weighted by molar-refractivity contribution is 5.99. The summed E-state index contributed by atoms with van der Waals surface area (Å²) < 4.78 is 0. The van der Waals surface area contributed by atoms with Gasteiger partial charge in [-0.05, 0) is 36.8 Å². The lowest BCUT2D eigenvalue weighted by Crippen LogP contribution is -2.34. The number of rotatable bonds is 4. The number of hydrogen-bond acceptors (Lipinski definition) is 2. The second-order valence-corrected chi connectivity index (χ2v) is 4.94. The van der Waals surface area contributed by atoms with E-state index in [1.54, 1.807) is 31.3 Å². The first-order valence-electron chi connectivity index (χ1n) is 6.73. The van der Waals surface area contributed by atoms with Gasteiger partial charge in [-0.1, -0.05) is 30.3 Å². The maximum absolute atomic E-state index is 12.1. The average Bonchev–Trinajstić information content (AvgIpc) is 2.47. The smallest absolute Gasteiger partial charge is 0.254 e. The van der Waals surface area contributed by atoms with E-state index in [-0.39, 0.29) is 18.4 Å². The Bertz CT molecular complexity index is 638. The van der Waals surface area contributed by atoms with Crippen LogP contribution in [0.25, 0.3) is 0 Å². The number of nitrogens with zero attached hydrogens (tertiary/aromatic N) is 1. The molecule has 4 nitrogen and oxygen atoms in total. The van der Waals surface area contributed by atoms with Crippen molar-refractivity contribution in [1.29, 1.82) is 0 Å². The Morgan fingerprint density at radius 3 is 2.43 bits per heavy atom. The molecule has 2 rings (SSSR count). The average molecular weight is 282 g/mol. The molecular weight excluding hydrogens is 264 g/mol. The molecule has 1 N–H and O–H groups in total. The molecule has 0 atom stereocenters. The molecular formula is C17H18N2O2. The van der Waals surface area contributed by atoms with Gasteiger partial charge in [0.1, 0.15) is 0 Å². The predicted molar refractivity (Wildman–Crippen MR) is 83.2 cm³/mol. The number of hydrogen-bond donors (Lipinski definition) is 1. The van der Waals surface area contributed by atoms with Gasteiger partial charge in [-0.2, -0.15) is 0 Å². The predicted octanol–water partition coefficient (Wildman–Crippen LogP) is 2.71. The summed E-state index contributed by atoms with van der Waals surface area (Å²) in [6, 6.07) is 16.5. The number of amides is 2. The topological polar surface area (TPSA) is 49.4 Å². The molecule has 2 aromatic carbocycles. The molecule has 0 spiro atoms. The van der Waals surface area contributed by atoms with Gasteiger partial charge in [0.2, 0.25) is 5.91 Å². The van der Waals surface area contributed by atoms with E-state index in [9.17, 15) is 9.59 Å². The Morgan fingerprint density at radius 1 is 1.05 bits per heavy atom. The normalized spacial score (nSPS) is 10.0. The minimum atomic E-state index is -0.215. The first-order valence-corrected chi connectivity index (χ1v) is 6.73. The monoisotopic (exact) mass is 282 g/mol. The summed E-state index contributed by atoms with van der Waals surface area (Å²) in [5, 5.41) is 2.79. The van der Waals surface area contributed by atoms with Crippen LogP contribution in [0.4, 0.5) is 5.69 Å². The Hall–Kier alpha value is -2.62. The molecule has 2 amide bonds. The lowest BCUT2D eigenvalue weighted by Gasteiger charge is -2.17. The fourth-order valence-corrected chi connectivity index (χ4v) is 2.01. The zero-order valence-electron chi connectivity index (χ0n) is 12.2. The van der Waals surface area contributed by atoms with E-state index in [1.165, 1.54) is 4.90 Å². The Balaban J connectivity index is 1.95. The van der Waals surface area contributed by atoms with Crippen LogP contribution >= 0.6 is 0 Å². The summed E-state index contributed by atoms with van der Waals surface area (Å²) in [6.45, 7) is 1.97.